The summed E-state index contributed by atoms with van der Waals surface area (Å²) in [5, 5.41) is 15.7. The molecule has 0 aliphatic carbocycles. The Balaban J connectivity index is 2.33. The lowest BCUT2D eigenvalue weighted by atomic mass is 10.1. The molecule has 0 aliphatic heterocycles. The number of aryl methyl sites for hydroxylation is 2. The molecule has 1 rings (SSSR count). The second-order valence-corrected chi connectivity index (χ2v) is 4.15. The van der Waals surface area contributed by atoms with E-state index in [0.717, 1.165) is 30.8 Å². The van der Waals surface area contributed by atoms with Crippen molar-refractivity contribution >= 4 is 5.97 Å². The molecule has 0 saturated heterocycles. The monoisotopic (exact) mass is 225 g/mol. The fourth-order valence-electron chi connectivity index (χ4n) is 1.78. The van der Waals surface area contributed by atoms with E-state index in [1.54, 1.807) is 0 Å². The molecule has 0 fully saturated rings. The highest BCUT2D eigenvalue weighted by molar-refractivity contribution is 5.68. The van der Waals surface area contributed by atoms with Crippen LogP contribution in [0.5, 0.6) is 0 Å². The molecule has 0 unspecified atom stereocenters. The molecule has 0 amide bonds. The van der Waals surface area contributed by atoms with Gasteiger partial charge in [0.05, 0.1) is 12.2 Å². The van der Waals surface area contributed by atoms with Crippen molar-refractivity contribution in [1.82, 2.24) is 15.1 Å². The van der Waals surface area contributed by atoms with Gasteiger partial charge in [0.1, 0.15) is 0 Å². The average molecular weight is 225 g/mol. The lowest BCUT2D eigenvalue weighted by Gasteiger charge is -2.13. The summed E-state index contributed by atoms with van der Waals surface area (Å²) < 4.78 is 0. The first-order valence-corrected chi connectivity index (χ1v) is 5.41. The van der Waals surface area contributed by atoms with Crippen LogP contribution in [0, 0.1) is 13.8 Å². The van der Waals surface area contributed by atoms with Gasteiger partial charge in [0.25, 0.3) is 0 Å². The normalized spacial score (nSPS) is 11.0. The predicted molar refractivity (Wildman–Crippen MR) is 61.5 cm³/mol. The molecule has 0 atom stereocenters. The number of rotatable bonds is 6. The van der Waals surface area contributed by atoms with E-state index in [4.69, 9.17) is 5.11 Å². The number of carboxylic acid groups (broad SMARTS) is 1. The molecule has 1 aromatic rings. The lowest BCUT2D eigenvalue weighted by Crippen LogP contribution is -2.26. The molecule has 0 bridgehead atoms. The minimum Gasteiger partial charge on any atom is -0.480 e. The third kappa shape index (κ3) is 3.66. The standard InChI is InChI=1S/C11H19N3O2/c1-8-10(9(2)13-12-8)5-4-6-14(3)7-11(15)16/h4-7H2,1-3H3,(H,12,13)(H,15,16). The fraction of sp³-hybridized carbons (Fsp3) is 0.636. The van der Waals surface area contributed by atoms with Crippen molar-refractivity contribution < 1.29 is 9.90 Å². The molecule has 90 valence electrons. The second kappa shape index (κ2) is 5.65. The number of aromatic amines is 1. The van der Waals surface area contributed by atoms with Crippen LogP contribution in [0.2, 0.25) is 0 Å². The molecule has 16 heavy (non-hydrogen) atoms. The van der Waals surface area contributed by atoms with E-state index in [1.165, 1.54) is 5.56 Å². The number of aliphatic carboxylic acids is 1. The highest BCUT2D eigenvalue weighted by atomic mass is 16.4. The minimum absolute atomic E-state index is 0.101. The molecule has 0 aromatic carbocycles. The Morgan fingerprint density at radius 3 is 2.69 bits per heavy atom. The minimum atomic E-state index is -0.779. The lowest BCUT2D eigenvalue weighted by molar-refractivity contribution is -0.137. The van der Waals surface area contributed by atoms with Crippen LogP contribution in [0.3, 0.4) is 0 Å². The third-order valence-corrected chi connectivity index (χ3v) is 2.65. The van der Waals surface area contributed by atoms with Crippen molar-refractivity contribution in [2.75, 3.05) is 20.1 Å². The van der Waals surface area contributed by atoms with Gasteiger partial charge in [0.15, 0.2) is 0 Å². The van der Waals surface area contributed by atoms with Crippen molar-refractivity contribution in [2.24, 2.45) is 0 Å². The highest BCUT2D eigenvalue weighted by Crippen LogP contribution is 2.11. The Labute approximate surface area is 95.5 Å². The summed E-state index contributed by atoms with van der Waals surface area (Å²) in [6, 6.07) is 0. The number of nitrogens with zero attached hydrogens (tertiary/aromatic N) is 2. The summed E-state index contributed by atoms with van der Waals surface area (Å²) in [4.78, 5) is 12.3. The topological polar surface area (TPSA) is 69.2 Å². The summed E-state index contributed by atoms with van der Waals surface area (Å²) >= 11 is 0. The largest absolute Gasteiger partial charge is 0.480 e. The number of carboxylic acids is 1. The first kappa shape index (κ1) is 12.7. The summed E-state index contributed by atoms with van der Waals surface area (Å²) in [6.07, 6.45) is 1.89. The Morgan fingerprint density at radius 1 is 1.50 bits per heavy atom. The SMILES string of the molecule is Cc1n[nH]c(C)c1CCCN(C)CC(=O)O. The first-order valence-electron chi connectivity index (χ1n) is 5.41. The fourth-order valence-corrected chi connectivity index (χ4v) is 1.78. The van der Waals surface area contributed by atoms with Crippen LogP contribution in [0.1, 0.15) is 23.4 Å². The van der Waals surface area contributed by atoms with Crippen LogP contribution in [0.25, 0.3) is 0 Å². The Kier molecular flexibility index (Phi) is 4.49. The van der Waals surface area contributed by atoms with Gasteiger partial charge in [0, 0.05) is 5.69 Å². The highest BCUT2D eigenvalue weighted by Gasteiger charge is 2.07. The van der Waals surface area contributed by atoms with Gasteiger partial charge in [-0.15, -0.1) is 0 Å². The zero-order valence-electron chi connectivity index (χ0n) is 10.1. The summed E-state index contributed by atoms with van der Waals surface area (Å²) in [6.45, 7) is 4.88. The van der Waals surface area contributed by atoms with Crippen LogP contribution < -0.4 is 0 Å². The summed E-state index contributed by atoms with van der Waals surface area (Å²) in [7, 11) is 1.82. The van der Waals surface area contributed by atoms with Crippen LogP contribution in [0.15, 0.2) is 0 Å². The van der Waals surface area contributed by atoms with E-state index in [2.05, 4.69) is 10.2 Å². The molecular formula is C11H19N3O2. The quantitative estimate of drug-likeness (QED) is 0.757. The number of aromatic nitrogens is 2. The van der Waals surface area contributed by atoms with Crippen LogP contribution in [-0.2, 0) is 11.2 Å². The summed E-state index contributed by atoms with van der Waals surface area (Å²) in [5.41, 5.74) is 3.40. The molecular weight excluding hydrogens is 206 g/mol. The summed E-state index contributed by atoms with van der Waals surface area (Å²) in [5.74, 6) is -0.779. The van der Waals surface area contributed by atoms with Crippen molar-refractivity contribution in [1.29, 1.82) is 0 Å². The predicted octanol–water partition coefficient (Wildman–Crippen LogP) is 0.976. The van der Waals surface area contributed by atoms with Gasteiger partial charge < -0.3 is 5.11 Å². The molecule has 5 nitrogen and oxygen atoms in total. The van der Waals surface area contributed by atoms with E-state index < -0.39 is 5.97 Å². The van der Waals surface area contributed by atoms with E-state index in [1.807, 2.05) is 25.8 Å². The van der Waals surface area contributed by atoms with Gasteiger partial charge in [-0.2, -0.15) is 5.10 Å². The maximum atomic E-state index is 10.5. The van der Waals surface area contributed by atoms with Gasteiger partial charge in [-0.3, -0.25) is 14.8 Å². The Hall–Kier alpha value is -1.36. The smallest absolute Gasteiger partial charge is 0.317 e. The molecule has 0 spiro atoms. The first-order chi connectivity index (χ1) is 7.50. The van der Waals surface area contributed by atoms with Gasteiger partial charge in [-0.05, 0) is 45.8 Å². The number of likely N-dealkylation sites (N-methyl/N-ethyl adjacent to an activating group) is 1. The number of hydrogen-bond acceptors (Lipinski definition) is 3. The van der Waals surface area contributed by atoms with Gasteiger partial charge in [0.2, 0.25) is 0 Å². The van der Waals surface area contributed by atoms with Gasteiger partial charge in [-0.1, -0.05) is 0 Å². The third-order valence-electron chi connectivity index (χ3n) is 2.65. The zero-order chi connectivity index (χ0) is 12.1. The Bertz CT molecular complexity index is 341. The molecule has 0 saturated carbocycles. The van der Waals surface area contributed by atoms with Crippen LogP contribution in [0.4, 0.5) is 0 Å². The van der Waals surface area contributed by atoms with Crippen LogP contribution in [-0.4, -0.2) is 46.3 Å². The average Bonchev–Trinajstić information content (AvgIpc) is 2.47. The number of nitrogens with one attached hydrogen (secondary N) is 1. The van der Waals surface area contributed by atoms with Crippen molar-refractivity contribution in [3.63, 3.8) is 0 Å². The molecule has 5 heteroatoms. The molecule has 0 radical (unpaired) electrons. The van der Waals surface area contributed by atoms with Crippen molar-refractivity contribution in [2.45, 2.75) is 26.7 Å². The number of hydrogen-bond donors (Lipinski definition) is 2. The van der Waals surface area contributed by atoms with Gasteiger partial charge >= 0.3 is 5.97 Å². The van der Waals surface area contributed by atoms with E-state index in [-0.39, 0.29) is 6.54 Å². The molecule has 1 aromatic heterocycles. The second-order valence-electron chi connectivity index (χ2n) is 4.15. The molecule has 2 N–H and O–H groups in total. The maximum Gasteiger partial charge on any atom is 0.317 e. The van der Waals surface area contributed by atoms with E-state index in [9.17, 15) is 4.79 Å². The number of H-pyrrole nitrogens is 1. The van der Waals surface area contributed by atoms with Crippen molar-refractivity contribution in [3.8, 4) is 0 Å². The van der Waals surface area contributed by atoms with Crippen molar-refractivity contribution in [3.05, 3.63) is 17.0 Å². The zero-order valence-corrected chi connectivity index (χ0v) is 10.1. The maximum absolute atomic E-state index is 10.5. The Morgan fingerprint density at radius 2 is 2.19 bits per heavy atom. The molecule has 1 heterocycles. The van der Waals surface area contributed by atoms with E-state index >= 15 is 0 Å². The van der Waals surface area contributed by atoms with Gasteiger partial charge in [-0.25, -0.2) is 0 Å². The van der Waals surface area contributed by atoms with Crippen LogP contribution >= 0.6 is 0 Å². The van der Waals surface area contributed by atoms with E-state index in [0.29, 0.717) is 0 Å². The molecule has 0 aliphatic rings. The number of carbonyl (C=O) groups is 1.